The molecule has 1 heterocycles. The molecule has 0 aliphatic carbocycles. The van der Waals surface area contributed by atoms with Crippen LogP contribution in [0.4, 0.5) is 0 Å². The van der Waals surface area contributed by atoms with Gasteiger partial charge >= 0.3 is 5.69 Å². The maximum atomic E-state index is 12.5. The minimum absolute atomic E-state index is 0.109. The highest BCUT2D eigenvalue weighted by Crippen LogP contribution is 2.23. The fraction of sp³-hybridized carbons (Fsp3) is 0. The lowest BCUT2D eigenvalue weighted by Gasteiger charge is -2.09. The number of aromatic amines is 1. The predicted octanol–water partition coefficient (Wildman–Crippen LogP) is 1.35. The molecule has 116 valence electrons. The Morgan fingerprint density at radius 2 is 1.78 bits per heavy atom. The fourth-order valence-electron chi connectivity index (χ4n) is 2.20. The maximum Gasteiger partial charge on any atom is 0.333 e. The SMILES string of the molecule is O=C([O-])c1ccc2c(=O)n(-c3ccc(Cl)c(Cl)c3)c(=O)[nH]c2c1. The topological polar surface area (TPSA) is 95.0 Å². The second-order valence-corrected chi connectivity index (χ2v) is 5.53. The van der Waals surface area contributed by atoms with E-state index in [0.29, 0.717) is 5.02 Å². The summed E-state index contributed by atoms with van der Waals surface area (Å²) in [6.45, 7) is 0. The molecule has 0 saturated carbocycles. The molecule has 1 N–H and O–H groups in total. The molecule has 1 aromatic heterocycles. The van der Waals surface area contributed by atoms with Crippen molar-refractivity contribution < 1.29 is 9.90 Å². The first-order valence-corrected chi connectivity index (χ1v) is 7.10. The molecule has 0 unspecified atom stereocenters. The van der Waals surface area contributed by atoms with Crippen LogP contribution in [0.3, 0.4) is 0 Å². The molecule has 3 aromatic rings. The molecule has 0 saturated heterocycles. The van der Waals surface area contributed by atoms with Crippen molar-refractivity contribution in [3.05, 3.63) is 72.8 Å². The third kappa shape index (κ3) is 2.62. The average Bonchev–Trinajstić information content (AvgIpc) is 2.50. The van der Waals surface area contributed by atoms with Crippen LogP contribution in [-0.4, -0.2) is 15.5 Å². The van der Waals surface area contributed by atoms with E-state index in [0.717, 1.165) is 4.57 Å². The van der Waals surface area contributed by atoms with Gasteiger partial charge in [-0.05, 0) is 35.9 Å². The molecule has 2 aromatic carbocycles. The number of carbonyl (C=O) groups is 1. The summed E-state index contributed by atoms with van der Waals surface area (Å²) in [5, 5.41) is 11.5. The zero-order chi connectivity index (χ0) is 16.7. The molecule has 3 rings (SSSR count). The number of nitrogens with zero attached hydrogens (tertiary/aromatic N) is 1. The van der Waals surface area contributed by atoms with Crippen molar-refractivity contribution >= 4 is 40.1 Å². The van der Waals surface area contributed by atoms with Gasteiger partial charge in [-0.1, -0.05) is 29.3 Å². The molecule has 0 amide bonds. The van der Waals surface area contributed by atoms with Crippen molar-refractivity contribution in [2.75, 3.05) is 0 Å². The Kier molecular flexibility index (Phi) is 3.71. The van der Waals surface area contributed by atoms with Gasteiger partial charge in [0, 0.05) is 0 Å². The lowest BCUT2D eigenvalue weighted by atomic mass is 10.1. The number of nitrogens with one attached hydrogen (secondary N) is 1. The van der Waals surface area contributed by atoms with Gasteiger partial charge < -0.3 is 14.9 Å². The van der Waals surface area contributed by atoms with Crippen molar-refractivity contribution in [2.24, 2.45) is 0 Å². The zero-order valence-electron chi connectivity index (χ0n) is 11.3. The number of hydrogen-bond donors (Lipinski definition) is 1. The van der Waals surface area contributed by atoms with Crippen LogP contribution >= 0.6 is 23.2 Å². The number of carboxylic acids is 1. The van der Waals surface area contributed by atoms with Crippen molar-refractivity contribution in [2.45, 2.75) is 0 Å². The molecule has 0 aliphatic heterocycles. The highest BCUT2D eigenvalue weighted by molar-refractivity contribution is 6.42. The fourth-order valence-corrected chi connectivity index (χ4v) is 2.50. The number of halogens is 2. The minimum atomic E-state index is -1.40. The number of hydrogen-bond acceptors (Lipinski definition) is 4. The number of benzene rings is 2. The van der Waals surface area contributed by atoms with E-state index in [2.05, 4.69) is 4.98 Å². The molecule has 0 aliphatic rings. The summed E-state index contributed by atoms with van der Waals surface area (Å²) in [5.74, 6) is -1.40. The highest BCUT2D eigenvalue weighted by Gasteiger charge is 2.11. The van der Waals surface area contributed by atoms with E-state index in [1.54, 1.807) is 0 Å². The molecular weight excluding hydrogens is 343 g/mol. The Morgan fingerprint density at radius 3 is 2.43 bits per heavy atom. The summed E-state index contributed by atoms with van der Waals surface area (Å²) in [7, 11) is 0. The molecule has 0 radical (unpaired) electrons. The molecule has 0 fully saturated rings. The van der Waals surface area contributed by atoms with Crippen LogP contribution in [0.5, 0.6) is 0 Å². The lowest BCUT2D eigenvalue weighted by Crippen LogP contribution is -2.33. The number of H-pyrrole nitrogens is 1. The molecule has 0 atom stereocenters. The third-order valence-electron chi connectivity index (χ3n) is 3.29. The number of aromatic nitrogens is 2. The lowest BCUT2D eigenvalue weighted by molar-refractivity contribution is -0.255. The van der Waals surface area contributed by atoms with E-state index >= 15 is 0 Å². The standard InChI is InChI=1S/C15H8Cl2N2O4/c16-10-4-2-8(6-11(10)17)19-13(20)9-3-1-7(14(21)22)5-12(9)18-15(19)23/h1-6H,(H,18,23)(H,21,22)/p-1. The number of carboxylic acid groups (broad SMARTS) is 1. The maximum absolute atomic E-state index is 12.5. The normalized spacial score (nSPS) is 10.9. The first-order valence-electron chi connectivity index (χ1n) is 6.34. The number of rotatable bonds is 2. The monoisotopic (exact) mass is 349 g/mol. The smallest absolute Gasteiger partial charge is 0.333 e. The Hall–Kier alpha value is -2.57. The largest absolute Gasteiger partial charge is 0.545 e. The average molecular weight is 350 g/mol. The van der Waals surface area contributed by atoms with Crippen LogP contribution in [0.2, 0.25) is 10.0 Å². The first kappa shape index (κ1) is 15.3. The van der Waals surface area contributed by atoms with Gasteiger partial charge in [-0.2, -0.15) is 0 Å². The van der Waals surface area contributed by atoms with Crippen LogP contribution < -0.4 is 16.4 Å². The van der Waals surface area contributed by atoms with Crippen molar-refractivity contribution in [3.8, 4) is 5.69 Å². The number of fused-ring (bicyclic) bond motifs is 1. The van der Waals surface area contributed by atoms with Gasteiger partial charge in [-0.25, -0.2) is 9.36 Å². The van der Waals surface area contributed by atoms with Crippen molar-refractivity contribution in [1.82, 2.24) is 9.55 Å². The van der Waals surface area contributed by atoms with Gasteiger partial charge in [0.25, 0.3) is 5.56 Å². The van der Waals surface area contributed by atoms with Gasteiger partial charge in [0.2, 0.25) is 0 Å². The van der Waals surface area contributed by atoms with Crippen LogP contribution in [0.15, 0.2) is 46.0 Å². The van der Waals surface area contributed by atoms with Gasteiger partial charge in [0.05, 0.1) is 32.6 Å². The van der Waals surface area contributed by atoms with Crippen molar-refractivity contribution in [1.29, 1.82) is 0 Å². The summed E-state index contributed by atoms with van der Waals surface area (Å²) >= 11 is 11.7. The molecule has 0 bridgehead atoms. The van der Waals surface area contributed by atoms with E-state index in [9.17, 15) is 19.5 Å². The number of aromatic carboxylic acids is 1. The molecule has 8 heteroatoms. The molecule has 6 nitrogen and oxygen atoms in total. The second-order valence-electron chi connectivity index (χ2n) is 4.72. The Morgan fingerprint density at radius 1 is 1.04 bits per heavy atom. The van der Waals surface area contributed by atoms with E-state index in [1.165, 1.54) is 36.4 Å². The van der Waals surface area contributed by atoms with Crippen LogP contribution in [0, 0.1) is 0 Å². The van der Waals surface area contributed by atoms with E-state index in [4.69, 9.17) is 23.2 Å². The summed E-state index contributed by atoms with van der Waals surface area (Å²) in [6.07, 6.45) is 0. The van der Waals surface area contributed by atoms with E-state index < -0.39 is 17.2 Å². The highest BCUT2D eigenvalue weighted by atomic mass is 35.5. The Bertz CT molecular complexity index is 1070. The Balaban J connectivity index is 2.33. The summed E-state index contributed by atoms with van der Waals surface area (Å²) in [6, 6.07) is 8.05. The van der Waals surface area contributed by atoms with E-state index in [1.807, 2.05) is 0 Å². The van der Waals surface area contributed by atoms with Gasteiger partial charge in [0.15, 0.2) is 0 Å². The summed E-state index contributed by atoms with van der Waals surface area (Å²) in [5.41, 5.74) is -1.11. The van der Waals surface area contributed by atoms with Crippen LogP contribution in [0.1, 0.15) is 10.4 Å². The summed E-state index contributed by atoms with van der Waals surface area (Å²) < 4.78 is 0.892. The second kappa shape index (κ2) is 5.57. The first-order chi connectivity index (χ1) is 10.9. The minimum Gasteiger partial charge on any atom is -0.545 e. The third-order valence-corrected chi connectivity index (χ3v) is 4.03. The van der Waals surface area contributed by atoms with E-state index in [-0.39, 0.29) is 27.2 Å². The molecule has 23 heavy (non-hydrogen) atoms. The molecule has 0 spiro atoms. The van der Waals surface area contributed by atoms with Gasteiger partial charge in [-0.3, -0.25) is 4.79 Å². The Labute approximate surface area is 138 Å². The van der Waals surface area contributed by atoms with Crippen molar-refractivity contribution in [3.63, 3.8) is 0 Å². The van der Waals surface area contributed by atoms with Crippen LogP contribution in [-0.2, 0) is 0 Å². The predicted molar refractivity (Wildman–Crippen MR) is 84.5 cm³/mol. The van der Waals surface area contributed by atoms with Crippen LogP contribution in [0.25, 0.3) is 16.6 Å². The molecular formula is C15H7Cl2N2O4-. The van der Waals surface area contributed by atoms with Gasteiger partial charge in [0.1, 0.15) is 0 Å². The quantitative estimate of drug-likeness (QED) is 0.755. The summed E-state index contributed by atoms with van der Waals surface area (Å²) in [4.78, 5) is 38.1. The number of carbonyl (C=O) groups excluding carboxylic acids is 1. The van der Waals surface area contributed by atoms with Gasteiger partial charge in [-0.15, -0.1) is 0 Å². The zero-order valence-corrected chi connectivity index (χ0v) is 12.8.